The fourth-order valence-electron chi connectivity index (χ4n) is 7.78. The first-order valence-electron chi connectivity index (χ1n) is 16.9. The maximum atomic E-state index is 2.43. The van der Waals surface area contributed by atoms with Gasteiger partial charge in [-0.05, 0) is 83.3 Å². The molecule has 7 aromatic carbocycles. The maximum absolute atomic E-state index is 2.43. The highest BCUT2D eigenvalue weighted by atomic mass is 15.0. The molecule has 0 N–H and O–H groups in total. The number of aromatic nitrogens is 2. The molecule has 0 fully saturated rings. The minimum atomic E-state index is -0.0581. The summed E-state index contributed by atoms with van der Waals surface area (Å²) < 4.78 is 4.78. The van der Waals surface area contributed by atoms with Gasteiger partial charge in [0.05, 0.1) is 22.1 Å². The zero-order valence-corrected chi connectivity index (χ0v) is 27.3. The average Bonchev–Trinajstić information content (AvgIpc) is 3.68. The summed E-state index contributed by atoms with van der Waals surface area (Å²) in [4.78, 5) is 0. The van der Waals surface area contributed by atoms with E-state index in [1.807, 2.05) is 0 Å². The predicted octanol–water partition coefficient (Wildman–Crippen LogP) is 12.3. The predicted molar refractivity (Wildman–Crippen MR) is 204 cm³/mol. The van der Waals surface area contributed by atoms with Crippen molar-refractivity contribution < 1.29 is 0 Å². The van der Waals surface area contributed by atoms with E-state index in [-0.39, 0.29) is 5.41 Å². The van der Waals surface area contributed by atoms with Crippen LogP contribution in [-0.4, -0.2) is 9.13 Å². The van der Waals surface area contributed by atoms with Crippen molar-refractivity contribution >= 4 is 43.6 Å². The second kappa shape index (κ2) is 11.1. The van der Waals surface area contributed by atoms with Gasteiger partial charge in [0.1, 0.15) is 0 Å². The summed E-state index contributed by atoms with van der Waals surface area (Å²) in [7, 11) is 0. The van der Waals surface area contributed by atoms with Crippen molar-refractivity contribution in [2.24, 2.45) is 0 Å². The molecule has 0 saturated carbocycles. The number of rotatable bonds is 6. The van der Waals surface area contributed by atoms with Gasteiger partial charge in [-0.3, -0.25) is 0 Å². The first kappa shape index (κ1) is 28.4. The lowest BCUT2D eigenvalue weighted by molar-refractivity contribution is 0.550. The van der Waals surface area contributed by atoms with Gasteiger partial charge in [0.2, 0.25) is 0 Å². The summed E-state index contributed by atoms with van der Waals surface area (Å²) in [5, 5.41) is 5.14. The van der Waals surface area contributed by atoms with Crippen LogP contribution in [0, 0.1) is 0 Å². The van der Waals surface area contributed by atoms with E-state index in [1.165, 1.54) is 77.2 Å². The lowest BCUT2D eigenvalue weighted by Crippen LogP contribution is -2.22. The van der Waals surface area contributed by atoms with E-state index in [1.54, 1.807) is 0 Å². The van der Waals surface area contributed by atoms with Gasteiger partial charge in [0, 0.05) is 38.3 Å². The molecule has 1 atom stereocenters. The lowest BCUT2D eigenvalue weighted by Gasteiger charge is -2.30. The zero-order chi connectivity index (χ0) is 32.2. The maximum Gasteiger partial charge on any atom is 0.0541 e. The van der Waals surface area contributed by atoms with Gasteiger partial charge in [-0.15, -0.1) is 0 Å². The molecule has 0 aliphatic heterocycles. The van der Waals surface area contributed by atoms with Crippen LogP contribution in [0.1, 0.15) is 31.4 Å². The van der Waals surface area contributed by atoms with E-state index < -0.39 is 0 Å². The van der Waals surface area contributed by atoms with Crippen molar-refractivity contribution in [2.45, 2.75) is 25.7 Å². The van der Waals surface area contributed by atoms with Crippen LogP contribution in [0.5, 0.6) is 0 Å². The Morgan fingerprint density at radius 1 is 0.396 bits per heavy atom. The monoisotopic (exact) mass is 616 g/mol. The molecule has 0 aliphatic rings. The van der Waals surface area contributed by atoms with Gasteiger partial charge in [0.15, 0.2) is 0 Å². The van der Waals surface area contributed by atoms with Crippen LogP contribution in [0.25, 0.3) is 66.1 Å². The molecule has 9 aromatic rings. The molecule has 2 heteroatoms. The number of para-hydroxylation sites is 3. The van der Waals surface area contributed by atoms with Gasteiger partial charge in [0.25, 0.3) is 0 Å². The second-order valence-electron chi connectivity index (χ2n) is 13.1. The minimum Gasteiger partial charge on any atom is -0.309 e. The first-order valence-corrected chi connectivity index (χ1v) is 16.9. The standard InChI is InChI=1S/C46H36N2/c1-3-46(2,34-13-5-4-6-14-34)35-25-30-45-41(31-35)40-17-9-12-20-44(40)48(45)37-28-23-33(24-29-37)32-21-26-36(27-22-32)47-42-18-10-7-15-38(42)39-16-8-11-19-43(39)47/h4-31H,3H2,1-2H3. The number of hydrogen-bond donors (Lipinski definition) is 0. The Kier molecular flexibility index (Phi) is 6.58. The highest BCUT2D eigenvalue weighted by molar-refractivity contribution is 6.10. The van der Waals surface area contributed by atoms with Crippen LogP contribution in [0.15, 0.2) is 170 Å². The highest BCUT2D eigenvalue weighted by Gasteiger charge is 2.27. The molecular formula is C46H36N2. The van der Waals surface area contributed by atoms with E-state index in [2.05, 4.69) is 193 Å². The molecule has 0 aliphatic carbocycles. The molecule has 9 rings (SSSR count). The zero-order valence-electron chi connectivity index (χ0n) is 27.3. The van der Waals surface area contributed by atoms with Crippen molar-refractivity contribution in [3.63, 3.8) is 0 Å². The Hall–Kier alpha value is -5.86. The summed E-state index contributed by atoms with van der Waals surface area (Å²) in [6.45, 7) is 4.66. The second-order valence-corrected chi connectivity index (χ2v) is 13.1. The van der Waals surface area contributed by atoms with Crippen LogP contribution < -0.4 is 0 Å². The Morgan fingerprint density at radius 2 is 0.812 bits per heavy atom. The molecule has 0 radical (unpaired) electrons. The summed E-state index contributed by atoms with van der Waals surface area (Å²) in [6, 6.07) is 62.1. The molecule has 230 valence electrons. The molecule has 0 spiro atoms. The molecule has 2 heterocycles. The fourth-order valence-corrected chi connectivity index (χ4v) is 7.78. The largest absolute Gasteiger partial charge is 0.309 e. The first-order chi connectivity index (χ1) is 23.6. The SMILES string of the molecule is CCC(C)(c1ccccc1)c1ccc2c(c1)c1ccccc1n2-c1ccc(-c2ccc(-n3c4ccccc4c4ccccc43)cc2)cc1. The highest BCUT2D eigenvalue weighted by Crippen LogP contribution is 2.40. The third-order valence-electron chi connectivity index (χ3n) is 10.6. The van der Waals surface area contributed by atoms with E-state index in [9.17, 15) is 0 Å². The fraction of sp³-hybridized carbons (Fsp3) is 0.0870. The molecule has 1 unspecified atom stereocenters. The Bertz CT molecular complexity index is 2530. The topological polar surface area (TPSA) is 9.86 Å². The molecule has 2 aromatic heterocycles. The van der Waals surface area contributed by atoms with Crippen molar-refractivity contribution in [2.75, 3.05) is 0 Å². The molecule has 0 amide bonds. The Balaban J connectivity index is 1.09. The smallest absolute Gasteiger partial charge is 0.0541 e. The number of hydrogen-bond acceptors (Lipinski definition) is 0. The van der Waals surface area contributed by atoms with Crippen LogP contribution in [0.2, 0.25) is 0 Å². The van der Waals surface area contributed by atoms with Crippen LogP contribution in [-0.2, 0) is 5.41 Å². The van der Waals surface area contributed by atoms with E-state index in [0.29, 0.717) is 0 Å². The Labute approximate surface area is 281 Å². The van der Waals surface area contributed by atoms with E-state index in [4.69, 9.17) is 0 Å². The number of fused-ring (bicyclic) bond motifs is 6. The minimum absolute atomic E-state index is 0.0581. The average molecular weight is 617 g/mol. The number of benzene rings is 7. The van der Waals surface area contributed by atoms with Gasteiger partial charge < -0.3 is 9.13 Å². The summed E-state index contributed by atoms with van der Waals surface area (Å²) in [5.41, 5.74) is 12.3. The Morgan fingerprint density at radius 3 is 1.29 bits per heavy atom. The lowest BCUT2D eigenvalue weighted by atomic mass is 9.74. The third-order valence-corrected chi connectivity index (χ3v) is 10.6. The van der Waals surface area contributed by atoms with Gasteiger partial charge in [-0.1, -0.05) is 129 Å². The van der Waals surface area contributed by atoms with Crippen molar-refractivity contribution in [1.82, 2.24) is 9.13 Å². The van der Waals surface area contributed by atoms with Crippen LogP contribution in [0.4, 0.5) is 0 Å². The van der Waals surface area contributed by atoms with Gasteiger partial charge in [-0.2, -0.15) is 0 Å². The van der Waals surface area contributed by atoms with Crippen LogP contribution in [0.3, 0.4) is 0 Å². The number of nitrogens with zero attached hydrogens (tertiary/aromatic N) is 2. The summed E-state index contributed by atoms with van der Waals surface area (Å²) >= 11 is 0. The summed E-state index contributed by atoms with van der Waals surface area (Å²) in [6.07, 6.45) is 1.03. The molecule has 0 saturated heterocycles. The molecule has 0 bridgehead atoms. The normalized spacial score (nSPS) is 13.0. The van der Waals surface area contributed by atoms with Crippen molar-refractivity contribution in [3.8, 4) is 22.5 Å². The quantitative estimate of drug-likeness (QED) is 0.176. The molecular weight excluding hydrogens is 581 g/mol. The van der Waals surface area contributed by atoms with Crippen molar-refractivity contribution in [3.05, 3.63) is 181 Å². The van der Waals surface area contributed by atoms with Gasteiger partial charge >= 0.3 is 0 Å². The summed E-state index contributed by atoms with van der Waals surface area (Å²) in [5.74, 6) is 0. The van der Waals surface area contributed by atoms with Gasteiger partial charge in [-0.25, -0.2) is 0 Å². The molecule has 2 nitrogen and oxygen atoms in total. The van der Waals surface area contributed by atoms with Crippen LogP contribution >= 0.6 is 0 Å². The third kappa shape index (κ3) is 4.33. The van der Waals surface area contributed by atoms with Crippen molar-refractivity contribution in [1.29, 1.82) is 0 Å². The van der Waals surface area contributed by atoms with E-state index >= 15 is 0 Å². The molecule has 48 heavy (non-hydrogen) atoms. The van der Waals surface area contributed by atoms with E-state index in [0.717, 1.165) is 6.42 Å².